The molecule has 0 amide bonds. The van der Waals surface area contributed by atoms with Gasteiger partial charge in [0, 0.05) is 32.1 Å². The SMILES string of the molecule is Cc1cc(C2CNC2)cc2c1OCc1c(ncnc1N1CCS(=O)(=O)CC1)N2. The van der Waals surface area contributed by atoms with E-state index in [0.717, 1.165) is 47.3 Å². The van der Waals surface area contributed by atoms with Crippen LogP contribution in [0.15, 0.2) is 18.5 Å². The lowest BCUT2D eigenvalue weighted by Crippen LogP contribution is -2.41. The van der Waals surface area contributed by atoms with Crippen LogP contribution in [0.1, 0.15) is 22.6 Å². The molecule has 28 heavy (non-hydrogen) atoms. The van der Waals surface area contributed by atoms with Crippen molar-refractivity contribution in [3.63, 3.8) is 0 Å². The van der Waals surface area contributed by atoms with E-state index in [4.69, 9.17) is 4.74 Å². The van der Waals surface area contributed by atoms with E-state index >= 15 is 0 Å². The standard InChI is InChI=1S/C19H23N5O3S/c1-12-6-13(14-8-20-9-14)7-16-17(12)27-10-15-18(23-16)21-11-22-19(15)24-2-4-28(25,26)5-3-24/h6-7,11,14,20H,2-5,8-10H2,1H3,(H,21,22,23). The van der Waals surface area contributed by atoms with Crippen LogP contribution < -0.4 is 20.3 Å². The van der Waals surface area contributed by atoms with Crippen molar-refractivity contribution in [3.05, 3.63) is 35.2 Å². The van der Waals surface area contributed by atoms with Crippen molar-refractivity contribution < 1.29 is 13.2 Å². The summed E-state index contributed by atoms with van der Waals surface area (Å²) in [5.41, 5.74) is 4.18. The van der Waals surface area contributed by atoms with E-state index in [2.05, 4.69) is 39.7 Å². The summed E-state index contributed by atoms with van der Waals surface area (Å²) >= 11 is 0. The fourth-order valence-electron chi connectivity index (χ4n) is 3.96. The zero-order valence-electron chi connectivity index (χ0n) is 15.7. The summed E-state index contributed by atoms with van der Waals surface area (Å²) in [7, 11) is -2.95. The number of fused-ring (bicyclic) bond motifs is 2. The van der Waals surface area contributed by atoms with Gasteiger partial charge in [0.2, 0.25) is 0 Å². The first-order valence-electron chi connectivity index (χ1n) is 9.54. The number of hydrogen-bond acceptors (Lipinski definition) is 8. The number of aromatic nitrogens is 2. The summed E-state index contributed by atoms with van der Waals surface area (Å²) in [5, 5.41) is 6.76. The van der Waals surface area contributed by atoms with Gasteiger partial charge in [-0.3, -0.25) is 0 Å². The molecule has 2 fully saturated rings. The smallest absolute Gasteiger partial charge is 0.153 e. The van der Waals surface area contributed by atoms with Gasteiger partial charge in [0.25, 0.3) is 0 Å². The van der Waals surface area contributed by atoms with E-state index in [1.54, 1.807) is 0 Å². The molecular formula is C19H23N5O3S. The predicted molar refractivity (Wildman–Crippen MR) is 107 cm³/mol. The molecule has 148 valence electrons. The number of benzene rings is 1. The Morgan fingerprint density at radius 2 is 1.96 bits per heavy atom. The Labute approximate surface area is 164 Å². The summed E-state index contributed by atoms with van der Waals surface area (Å²) in [4.78, 5) is 10.9. The number of nitrogens with zero attached hydrogens (tertiary/aromatic N) is 3. The van der Waals surface area contributed by atoms with Crippen molar-refractivity contribution in [2.45, 2.75) is 19.4 Å². The number of ether oxygens (including phenoxy) is 1. The molecule has 0 unspecified atom stereocenters. The first kappa shape index (κ1) is 17.7. The molecule has 3 aliphatic rings. The Hall–Kier alpha value is -2.39. The van der Waals surface area contributed by atoms with Gasteiger partial charge < -0.3 is 20.3 Å². The van der Waals surface area contributed by atoms with E-state index in [1.807, 2.05) is 4.90 Å². The van der Waals surface area contributed by atoms with Crippen LogP contribution in [0.3, 0.4) is 0 Å². The average molecular weight is 401 g/mol. The normalized spacial score (nSPS) is 20.8. The van der Waals surface area contributed by atoms with Gasteiger partial charge in [-0.1, -0.05) is 6.07 Å². The van der Waals surface area contributed by atoms with Gasteiger partial charge in [-0.15, -0.1) is 0 Å². The zero-order valence-corrected chi connectivity index (χ0v) is 16.6. The van der Waals surface area contributed by atoms with E-state index < -0.39 is 9.84 Å². The highest BCUT2D eigenvalue weighted by atomic mass is 32.2. The zero-order chi connectivity index (χ0) is 19.3. The maximum absolute atomic E-state index is 11.8. The molecule has 0 atom stereocenters. The van der Waals surface area contributed by atoms with Crippen molar-refractivity contribution >= 4 is 27.2 Å². The fraction of sp³-hybridized carbons (Fsp3) is 0.474. The van der Waals surface area contributed by atoms with Crippen LogP contribution in [0, 0.1) is 6.92 Å². The van der Waals surface area contributed by atoms with E-state index in [-0.39, 0.29) is 11.5 Å². The van der Waals surface area contributed by atoms with Crippen LogP contribution in [-0.4, -0.2) is 56.1 Å². The predicted octanol–water partition coefficient (Wildman–Crippen LogP) is 1.34. The molecule has 1 aromatic heterocycles. The van der Waals surface area contributed by atoms with Crippen LogP contribution >= 0.6 is 0 Å². The number of sulfone groups is 1. The number of rotatable bonds is 2. The van der Waals surface area contributed by atoms with Crippen LogP contribution in [0.2, 0.25) is 0 Å². The highest BCUT2D eigenvalue weighted by Crippen LogP contribution is 2.40. The van der Waals surface area contributed by atoms with Crippen molar-refractivity contribution in [1.29, 1.82) is 0 Å². The van der Waals surface area contributed by atoms with Crippen LogP contribution in [0.5, 0.6) is 5.75 Å². The molecule has 2 aromatic rings. The molecule has 0 aliphatic carbocycles. The van der Waals surface area contributed by atoms with Crippen molar-refractivity contribution in [1.82, 2.24) is 15.3 Å². The van der Waals surface area contributed by atoms with Gasteiger partial charge in [0.05, 0.1) is 22.8 Å². The number of nitrogens with one attached hydrogen (secondary N) is 2. The molecular weight excluding hydrogens is 378 g/mol. The fourth-order valence-corrected chi connectivity index (χ4v) is 5.16. The second-order valence-corrected chi connectivity index (χ2v) is 9.95. The topological polar surface area (TPSA) is 96.4 Å². The van der Waals surface area contributed by atoms with Crippen LogP contribution in [0.4, 0.5) is 17.3 Å². The van der Waals surface area contributed by atoms with Gasteiger partial charge in [0.1, 0.15) is 30.3 Å². The van der Waals surface area contributed by atoms with Gasteiger partial charge in [0.15, 0.2) is 9.84 Å². The van der Waals surface area contributed by atoms with E-state index in [1.165, 1.54) is 11.9 Å². The van der Waals surface area contributed by atoms with Crippen molar-refractivity contribution in [2.24, 2.45) is 0 Å². The summed E-state index contributed by atoms with van der Waals surface area (Å²) in [6.07, 6.45) is 1.53. The highest BCUT2D eigenvalue weighted by molar-refractivity contribution is 7.91. The second-order valence-electron chi connectivity index (χ2n) is 7.65. The Morgan fingerprint density at radius 1 is 1.18 bits per heavy atom. The van der Waals surface area contributed by atoms with Crippen molar-refractivity contribution in [3.8, 4) is 5.75 Å². The molecule has 4 heterocycles. The second kappa shape index (κ2) is 6.59. The maximum Gasteiger partial charge on any atom is 0.153 e. The largest absolute Gasteiger partial charge is 0.486 e. The molecule has 8 nitrogen and oxygen atoms in total. The molecule has 0 saturated carbocycles. The molecule has 0 spiro atoms. The van der Waals surface area contributed by atoms with Gasteiger partial charge in [-0.05, 0) is 24.1 Å². The minimum absolute atomic E-state index is 0.151. The molecule has 3 aliphatic heterocycles. The molecule has 9 heteroatoms. The molecule has 0 bridgehead atoms. The minimum atomic E-state index is -2.95. The van der Waals surface area contributed by atoms with E-state index in [0.29, 0.717) is 25.6 Å². The lowest BCUT2D eigenvalue weighted by Gasteiger charge is -2.29. The molecule has 2 saturated heterocycles. The monoisotopic (exact) mass is 401 g/mol. The number of aryl methyl sites for hydroxylation is 1. The molecule has 2 N–H and O–H groups in total. The van der Waals surface area contributed by atoms with Gasteiger partial charge in [-0.2, -0.15) is 0 Å². The van der Waals surface area contributed by atoms with Crippen molar-refractivity contribution in [2.75, 3.05) is 47.9 Å². The third-order valence-electron chi connectivity index (χ3n) is 5.73. The quantitative estimate of drug-likeness (QED) is 0.778. The number of hydrogen-bond donors (Lipinski definition) is 2. The van der Waals surface area contributed by atoms with Crippen LogP contribution in [0.25, 0.3) is 0 Å². The van der Waals surface area contributed by atoms with Crippen LogP contribution in [-0.2, 0) is 16.4 Å². The van der Waals surface area contributed by atoms with Gasteiger partial charge in [-0.25, -0.2) is 18.4 Å². The Balaban J connectivity index is 1.49. The van der Waals surface area contributed by atoms with E-state index in [9.17, 15) is 8.42 Å². The third kappa shape index (κ3) is 3.08. The maximum atomic E-state index is 11.8. The molecule has 0 radical (unpaired) electrons. The third-order valence-corrected chi connectivity index (χ3v) is 7.34. The summed E-state index contributed by atoms with van der Waals surface area (Å²) in [5.74, 6) is 3.14. The minimum Gasteiger partial charge on any atom is -0.486 e. The summed E-state index contributed by atoms with van der Waals surface area (Å²) in [6.45, 7) is 5.29. The summed E-state index contributed by atoms with van der Waals surface area (Å²) in [6, 6.07) is 4.35. The number of anilines is 3. The molecule has 1 aromatic carbocycles. The first-order chi connectivity index (χ1) is 13.5. The van der Waals surface area contributed by atoms with Gasteiger partial charge >= 0.3 is 0 Å². The lowest BCUT2D eigenvalue weighted by atomic mass is 9.92. The molecule has 5 rings (SSSR count). The lowest BCUT2D eigenvalue weighted by molar-refractivity contribution is 0.308. The first-order valence-corrected chi connectivity index (χ1v) is 11.4. The average Bonchev–Trinajstić information content (AvgIpc) is 2.79. The Bertz CT molecular complexity index is 1020. The Kier molecular flexibility index (Phi) is 4.17. The summed E-state index contributed by atoms with van der Waals surface area (Å²) < 4.78 is 29.7. The highest BCUT2D eigenvalue weighted by Gasteiger charge is 2.28. The Morgan fingerprint density at radius 3 is 2.68 bits per heavy atom.